The van der Waals surface area contributed by atoms with Crippen molar-refractivity contribution in [3.05, 3.63) is 188 Å². The predicted molar refractivity (Wildman–Crippen MR) is 202 cm³/mol. The number of hydrogen-bond acceptors (Lipinski definition) is 2. The van der Waals surface area contributed by atoms with E-state index >= 15 is 0 Å². The van der Waals surface area contributed by atoms with Crippen LogP contribution in [0.3, 0.4) is 0 Å². The first kappa shape index (κ1) is 27.9. The molecule has 0 aliphatic rings. The van der Waals surface area contributed by atoms with E-state index in [2.05, 4.69) is 181 Å². The number of para-hydroxylation sites is 2. The van der Waals surface area contributed by atoms with Gasteiger partial charge in [-0.15, -0.1) is 0 Å². The maximum Gasteiger partial charge on any atom is 0.135 e. The van der Waals surface area contributed by atoms with Crippen LogP contribution in [-0.4, -0.2) is 0 Å². The highest BCUT2D eigenvalue weighted by atomic mass is 16.3. The van der Waals surface area contributed by atoms with Gasteiger partial charge in [-0.2, -0.15) is 0 Å². The van der Waals surface area contributed by atoms with Gasteiger partial charge < -0.3 is 9.32 Å². The van der Waals surface area contributed by atoms with Gasteiger partial charge in [0.05, 0.1) is 5.69 Å². The maximum atomic E-state index is 6.24. The Balaban J connectivity index is 1.28. The Bertz CT molecular complexity index is 2540. The average Bonchev–Trinajstić information content (AvgIpc) is 3.54. The van der Waals surface area contributed by atoms with Crippen molar-refractivity contribution in [1.82, 2.24) is 0 Å². The Morgan fingerprint density at radius 3 is 1.73 bits per heavy atom. The summed E-state index contributed by atoms with van der Waals surface area (Å²) in [5.74, 6) is 0. The lowest BCUT2D eigenvalue weighted by Crippen LogP contribution is -2.11. The number of fused-ring (bicyclic) bond motifs is 4. The first-order valence-corrected chi connectivity index (χ1v) is 16.4. The fraction of sp³-hybridized carbons (Fsp3) is 0. The van der Waals surface area contributed by atoms with Gasteiger partial charge in [0, 0.05) is 27.7 Å². The summed E-state index contributed by atoms with van der Waals surface area (Å²) in [6, 6.07) is 67.0. The number of rotatable bonds is 6. The van der Waals surface area contributed by atoms with Crippen LogP contribution in [0.15, 0.2) is 192 Å². The van der Waals surface area contributed by atoms with Crippen molar-refractivity contribution in [2.75, 3.05) is 4.90 Å². The first-order valence-electron chi connectivity index (χ1n) is 16.4. The van der Waals surface area contributed by atoms with Crippen molar-refractivity contribution in [1.29, 1.82) is 0 Å². The molecule has 0 aliphatic carbocycles. The highest BCUT2D eigenvalue weighted by Crippen LogP contribution is 2.46. The molecule has 1 aromatic heterocycles. The van der Waals surface area contributed by atoms with Crippen molar-refractivity contribution in [2.45, 2.75) is 0 Å². The van der Waals surface area contributed by atoms with Gasteiger partial charge in [-0.25, -0.2) is 0 Å². The quantitative estimate of drug-likeness (QED) is 0.185. The molecule has 0 aliphatic heterocycles. The molecule has 0 unspecified atom stereocenters. The fourth-order valence-electron chi connectivity index (χ4n) is 7.03. The Kier molecular flexibility index (Phi) is 6.84. The Morgan fingerprint density at radius 1 is 0.354 bits per heavy atom. The molecule has 0 N–H and O–H groups in total. The van der Waals surface area contributed by atoms with Gasteiger partial charge in [0.15, 0.2) is 0 Å². The SMILES string of the molecule is c1ccc(-c2ccc(N(c3ccc4oc5ccccc5c4c3)c3ccccc3-c3cccc4cccc(-c5ccccc5)c34)cc2)cc1. The zero-order valence-electron chi connectivity index (χ0n) is 26.3. The van der Waals surface area contributed by atoms with Crippen molar-refractivity contribution in [2.24, 2.45) is 0 Å². The zero-order valence-corrected chi connectivity index (χ0v) is 26.3. The molecule has 0 saturated heterocycles. The van der Waals surface area contributed by atoms with E-state index in [9.17, 15) is 0 Å². The molecule has 0 fully saturated rings. The van der Waals surface area contributed by atoms with E-state index in [0.29, 0.717) is 0 Å². The van der Waals surface area contributed by atoms with Crippen molar-refractivity contribution < 1.29 is 4.42 Å². The molecule has 1 heterocycles. The molecule has 0 radical (unpaired) electrons. The van der Waals surface area contributed by atoms with E-state index in [1.807, 2.05) is 12.1 Å². The van der Waals surface area contributed by atoms with Gasteiger partial charge >= 0.3 is 0 Å². The van der Waals surface area contributed by atoms with Gasteiger partial charge in [0.25, 0.3) is 0 Å². The Morgan fingerprint density at radius 2 is 0.938 bits per heavy atom. The lowest BCUT2D eigenvalue weighted by atomic mass is 9.90. The summed E-state index contributed by atoms with van der Waals surface area (Å²) in [4.78, 5) is 2.38. The third-order valence-electron chi connectivity index (χ3n) is 9.28. The molecule has 0 saturated carbocycles. The monoisotopic (exact) mass is 613 g/mol. The minimum Gasteiger partial charge on any atom is -0.456 e. The van der Waals surface area contributed by atoms with E-state index in [-0.39, 0.29) is 0 Å². The van der Waals surface area contributed by atoms with Crippen molar-refractivity contribution in [3.8, 4) is 33.4 Å². The summed E-state index contributed by atoms with van der Waals surface area (Å²) in [6.07, 6.45) is 0. The third-order valence-corrected chi connectivity index (χ3v) is 9.28. The molecule has 0 bridgehead atoms. The molecule has 0 atom stereocenters. The molecule has 9 aromatic rings. The molecule has 0 amide bonds. The molecule has 2 nitrogen and oxygen atoms in total. The molecule has 8 aromatic carbocycles. The van der Waals surface area contributed by atoms with Crippen LogP contribution in [-0.2, 0) is 0 Å². The highest BCUT2D eigenvalue weighted by molar-refractivity contribution is 6.10. The number of hydrogen-bond donors (Lipinski definition) is 0. The summed E-state index contributed by atoms with van der Waals surface area (Å²) >= 11 is 0. The molecular weight excluding hydrogens is 583 g/mol. The molecule has 2 heteroatoms. The second-order valence-corrected chi connectivity index (χ2v) is 12.1. The molecule has 9 rings (SSSR count). The summed E-state index contributed by atoms with van der Waals surface area (Å²) in [5, 5.41) is 4.68. The standard InChI is InChI=1S/C46H31NO/c1-3-13-32(14-4-1)33-25-27-36(28-26-33)47(37-29-30-45-42(31-37)40-20-8-10-24-44(40)48-45)43-23-9-7-19-39(43)41-22-12-18-35-17-11-21-38(46(35)41)34-15-5-2-6-16-34/h1-31H. The largest absolute Gasteiger partial charge is 0.456 e. The molecular formula is C46H31NO. The number of anilines is 3. The topological polar surface area (TPSA) is 16.4 Å². The number of benzene rings is 8. The van der Waals surface area contributed by atoms with E-state index in [1.165, 1.54) is 38.6 Å². The maximum absolute atomic E-state index is 6.24. The van der Waals surface area contributed by atoms with Crippen LogP contribution < -0.4 is 4.90 Å². The van der Waals surface area contributed by atoms with Crippen LogP contribution in [0.25, 0.3) is 66.1 Å². The minimum atomic E-state index is 0.883. The lowest BCUT2D eigenvalue weighted by molar-refractivity contribution is 0.669. The van der Waals surface area contributed by atoms with Crippen LogP contribution in [0.5, 0.6) is 0 Å². The van der Waals surface area contributed by atoms with E-state index in [0.717, 1.165) is 44.6 Å². The van der Waals surface area contributed by atoms with Gasteiger partial charge in [0.2, 0.25) is 0 Å². The van der Waals surface area contributed by atoms with Gasteiger partial charge in [-0.05, 0) is 81.1 Å². The molecule has 48 heavy (non-hydrogen) atoms. The summed E-state index contributed by atoms with van der Waals surface area (Å²) in [6.45, 7) is 0. The van der Waals surface area contributed by atoms with Crippen LogP contribution >= 0.6 is 0 Å². The molecule has 226 valence electrons. The van der Waals surface area contributed by atoms with Crippen molar-refractivity contribution in [3.63, 3.8) is 0 Å². The third kappa shape index (κ3) is 4.83. The van der Waals surface area contributed by atoms with Gasteiger partial charge in [-0.3, -0.25) is 0 Å². The molecule has 0 spiro atoms. The van der Waals surface area contributed by atoms with Crippen LogP contribution in [0.4, 0.5) is 17.1 Å². The normalized spacial score (nSPS) is 11.3. The van der Waals surface area contributed by atoms with E-state index in [4.69, 9.17) is 4.42 Å². The lowest BCUT2D eigenvalue weighted by Gasteiger charge is -2.28. The van der Waals surface area contributed by atoms with Gasteiger partial charge in [0.1, 0.15) is 11.2 Å². The van der Waals surface area contributed by atoms with Gasteiger partial charge in [-0.1, -0.05) is 146 Å². The second kappa shape index (κ2) is 11.8. The predicted octanol–water partition coefficient (Wildman–Crippen LogP) is 13.2. The summed E-state index contributed by atoms with van der Waals surface area (Å²) < 4.78 is 6.24. The van der Waals surface area contributed by atoms with E-state index in [1.54, 1.807) is 0 Å². The first-order chi connectivity index (χ1) is 23.8. The number of furan rings is 1. The second-order valence-electron chi connectivity index (χ2n) is 12.1. The Hall–Kier alpha value is -6.38. The smallest absolute Gasteiger partial charge is 0.135 e. The van der Waals surface area contributed by atoms with Crippen molar-refractivity contribution >= 4 is 49.8 Å². The summed E-state index contributed by atoms with van der Waals surface area (Å²) in [7, 11) is 0. The summed E-state index contributed by atoms with van der Waals surface area (Å²) in [5.41, 5.74) is 12.2. The minimum absolute atomic E-state index is 0.883. The number of nitrogens with zero attached hydrogens (tertiary/aromatic N) is 1. The highest BCUT2D eigenvalue weighted by Gasteiger charge is 2.21. The zero-order chi connectivity index (χ0) is 31.9. The Labute approximate surface area is 279 Å². The van der Waals surface area contributed by atoms with Crippen LogP contribution in [0, 0.1) is 0 Å². The average molecular weight is 614 g/mol. The van der Waals surface area contributed by atoms with E-state index < -0.39 is 0 Å². The fourth-order valence-corrected chi connectivity index (χ4v) is 7.03. The van der Waals surface area contributed by atoms with Crippen LogP contribution in [0.2, 0.25) is 0 Å². The van der Waals surface area contributed by atoms with Crippen LogP contribution in [0.1, 0.15) is 0 Å².